The Labute approximate surface area is 124 Å². The van der Waals surface area contributed by atoms with E-state index >= 15 is 0 Å². The van der Waals surface area contributed by atoms with Crippen LogP contribution in [0.1, 0.15) is 32.4 Å². The van der Waals surface area contributed by atoms with E-state index in [4.69, 9.17) is 0 Å². The highest BCUT2D eigenvalue weighted by Crippen LogP contribution is 2.19. The first-order valence-electron chi connectivity index (χ1n) is 6.98. The maximum absolute atomic E-state index is 11.6. The van der Waals surface area contributed by atoms with Crippen LogP contribution in [-0.4, -0.2) is 41.9 Å². The monoisotopic (exact) mass is 311 g/mol. The Kier molecular flexibility index (Phi) is 4.79. The molecule has 2 N–H and O–H groups in total. The van der Waals surface area contributed by atoms with Crippen molar-refractivity contribution in [3.63, 3.8) is 0 Å². The summed E-state index contributed by atoms with van der Waals surface area (Å²) in [6.07, 6.45) is 3.42. The molecule has 0 aromatic carbocycles. The summed E-state index contributed by atoms with van der Waals surface area (Å²) in [7, 11) is -3.23. The van der Waals surface area contributed by atoms with Crippen LogP contribution in [0.5, 0.6) is 0 Å². The van der Waals surface area contributed by atoms with Gasteiger partial charge in [0.2, 0.25) is 10.0 Å². The predicted octanol–water partition coefficient (Wildman–Crippen LogP) is 1.20. The molecule has 0 aliphatic carbocycles. The van der Waals surface area contributed by atoms with Crippen molar-refractivity contribution in [3.8, 4) is 0 Å². The smallest absolute Gasteiger partial charge is 0.213 e. The lowest BCUT2D eigenvalue weighted by molar-refractivity contribution is 0.584. The highest BCUT2D eigenvalue weighted by Gasteiger charge is 2.11. The van der Waals surface area contributed by atoms with Crippen molar-refractivity contribution in [1.29, 1.82) is 0 Å². The molecule has 0 unspecified atom stereocenters. The fraction of sp³-hybridized carbons (Fsp3) is 0.538. The number of rotatable bonds is 7. The second-order valence-electron chi connectivity index (χ2n) is 5.07. The van der Waals surface area contributed by atoms with Crippen molar-refractivity contribution in [1.82, 2.24) is 19.3 Å². The zero-order valence-corrected chi connectivity index (χ0v) is 13.3. The quantitative estimate of drug-likeness (QED) is 0.802. The van der Waals surface area contributed by atoms with Gasteiger partial charge >= 0.3 is 0 Å². The van der Waals surface area contributed by atoms with Crippen LogP contribution in [-0.2, 0) is 10.0 Å². The summed E-state index contributed by atoms with van der Waals surface area (Å²) in [6.45, 7) is 6.60. The minimum atomic E-state index is -3.23. The molecule has 0 fully saturated rings. The molecule has 0 spiro atoms. The highest BCUT2D eigenvalue weighted by molar-refractivity contribution is 7.89. The third kappa shape index (κ3) is 3.92. The van der Waals surface area contributed by atoms with Gasteiger partial charge in [0.15, 0.2) is 5.82 Å². The molecule has 0 atom stereocenters. The minimum absolute atomic E-state index is 0.00868. The number of nitrogens with one attached hydrogen (secondary N) is 2. The predicted molar refractivity (Wildman–Crippen MR) is 83.0 cm³/mol. The molecule has 2 aromatic heterocycles. The Bertz CT molecular complexity index is 708. The van der Waals surface area contributed by atoms with Crippen LogP contribution in [0.25, 0.3) is 5.52 Å². The SMILES string of the molecule is CCNS(=O)(=O)CCNc1nccn2nc(C(C)C)cc12. The van der Waals surface area contributed by atoms with Gasteiger partial charge in [-0.05, 0) is 12.0 Å². The molecule has 0 bridgehead atoms. The Balaban J connectivity index is 2.12. The molecule has 0 radical (unpaired) electrons. The Morgan fingerprint density at radius 2 is 2.14 bits per heavy atom. The summed E-state index contributed by atoms with van der Waals surface area (Å²) in [6, 6.07) is 1.97. The number of hydrogen-bond acceptors (Lipinski definition) is 5. The van der Waals surface area contributed by atoms with Gasteiger partial charge in [-0.3, -0.25) is 0 Å². The number of fused-ring (bicyclic) bond motifs is 1. The summed E-state index contributed by atoms with van der Waals surface area (Å²) in [5.41, 5.74) is 1.83. The molecular formula is C13H21N5O2S. The first kappa shape index (κ1) is 15.7. The molecule has 116 valence electrons. The van der Waals surface area contributed by atoms with Gasteiger partial charge < -0.3 is 5.32 Å². The third-order valence-corrected chi connectivity index (χ3v) is 4.50. The van der Waals surface area contributed by atoms with E-state index in [1.807, 2.05) is 6.07 Å². The first-order valence-corrected chi connectivity index (χ1v) is 8.63. The fourth-order valence-electron chi connectivity index (χ4n) is 1.96. The second kappa shape index (κ2) is 6.40. The van der Waals surface area contributed by atoms with E-state index in [1.165, 1.54) is 0 Å². The van der Waals surface area contributed by atoms with E-state index in [2.05, 4.69) is 34.0 Å². The normalized spacial score (nSPS) is 12.2. The average Bonchev–Trinajstić information content (AvgIpc) is 2.83. The van der Waals surface area contributed by atoms with E-state index in [9.17, 15) is 8.42 Å². The van der Waals surface area contributed by atoms with E-state index in [0.29, 0.717) is 24.8 Å². The molecule has 0 saturated carbocycles. The van der Waals surface area contributed by atoms with E-state index in [-0.39, 0.29) is 5.75 Å². The van der Waals surface area contributed by atoms with Crippen molar-refractivity contribution >= 4 is 21.4 Å². The van der Waals surface area contributed by atoms with Crippen LogP contribution in [0.4, 0.5) is 5.82 Å². The molecule has 8 heteroatoms. The second-order valence-corrected chi connectivity index (χ2v) is 7.00. The van der Waals surface area contributed by atoms with Crippen molar-refractivity contribution in [2.24, 2.45) is 0 Å². The van der Waals surface area contributed by atoms with Crippen LogP contribution in [0.2, 0.25) is 0 Å². The van der Waals surface area contributed by atoms with Gasteiger partial charge in [-0.25, -0.2) is 22.6 Å². The number of nitrogens with zero attached hydrogens (tertiary/aromatic N) is 3. The number of anilines is 1. The molecule has 0 aliphatic rings. The van der Waals surface area contributed by atoms with Gasteiger partial charge in [-0.15, -0.1) is 0 Å². The van der Waals surface area contributed by atoms with Gasteiger partial charge in [0.05, 0.1) is 11.4 Å². The molecule has 0 amide bonds. The van der Waals surface area contributed by atoms with Crippen molar-refractivity contribution < 1.29 is 8.42 Å². The Morgan fingerprint density at radius 1 is 1.38 bits per heavy atom. The topological polar surface area (TPSA) is 88.4 Å². The van der Waals surface area contributed by atoms with Crippen molar-refractivity contribution in [2.75, 3.05) is 24.2 Å². The standard InChI is InChI=1S/C13H21N5O2S/c1-4-16-21(19,20)8-6-15-13-12-9-11(10(2)3)17-18(12)7-5-14-13/h5,7,9-10,16H,4,6,8H2,1-3H3,(H,14,15). The molecular weight excluding hydrogens is 290 g/mol. The lowest BCUT2D eigenvalue weighted by atomic mass is 10.1. The van der Waals surface area contributed by atoms with Gasteiger partial charge in [-0.2, -0.15) is 5.10 Å². The number of aromatic nitrogens is 3. The third-order valence-electron chi connectivity index (χ3n) is 3.03. The first-order chi connectivity index (χ1) is 9.93. The largest absolute Gasteiger partial charge is 0.367 e. The van der Waals surface area contributed by atoms with Crippen LogP contribution in [0, 0.1) is 0 Å². The zero-order chi connectivity index (χ0) is 15.5. The average molecular weight is 311 g/mol. The molecule has 2 aromatic rings. The van der Waals surface area contributed by atoms with Gasteiger partial charge in [0, 0.05) is 25.5 Å². The van der Waals surface area contributed by atoms with Crippen LogP contribution >= 0.6 is 0 Å². The summed E-state index contributed by atoms with van der Waals surface area (Å²) in [4.78, 5) is 4.26. The molecule has 2 heterocycles. The lowest BCUT2D eigenvalue weighted by Crippen LogP contribution is -2.29. The fourth-order valence-corrected chi connectivity index (χ4v) is 2.91. The van der Waals surface area contributed by atoms with E-state index in [0.717, 1.165) is 11.2 Å². The summed E-state index contributed by atoms with van der Waals surface area (Å²) in [5.74, 6) is 0.977. The van der Waals surface area contributed by atoms with E-state index in [1.54, 1.807) is 23.8 Å². The van der Waals surface area contributed by atoms with Gasteiger partial charge in [0.25, 0.3) is 0 Å². The molecule has 0 saturated heterocycles. The van der Waals surface area contributed by atoms with Crippen molar-refractivity contribution in [2.45, 2.75) is 26.7 Å². The van der Waals surface area contributed by atoms with Crippen LogP contribution in [0.15, 0.2) is 18.5 Å². The summed E-state index contributed by atoms with van der Waals surface area (Å²) in [5, 5.41) is 7.53. The summed E-state index contributed by atoms with van der Waals surface area (Å²) < 4.78 is 27.4. The molecule has 7 nitrogen and oxygen atoms in total. The molecule has 2 rings (SSSR count). The minimum Gasteiger partial charge on any atom is -0.367 e. The zero-order valence-electron chi connectivity index (χ0n) is 12.5. The molecule has 21 heavy (non-hydrogen) atoms. The van der Waals surface area contributed by atoms with Crippen molar-refractivity contribution in [3.05, 3.63) is 24.2 Å². The maximum Gasteiger partial charge on any atom is 0.213 e. The molecule has 0 aliphatic heterocycles. The van der Waals surface area contributed by atoms with Crippen LogP contribution < -0.4 is 10.0 Å². The summed E-state index contributed by atoms with van der Waals surface area (Å²) >= 11 is 0. The number of hydrogen-bond donors (Lipinski definition) is 2. The Morgan fingerprint density at radius 3 is 2.81 bits per heavy atom. The maximum atomic E-state index is 11.6. The van der Waals surface area contributed by atoms with Gasteiger partial charge in [-0.1, -0.05) is 20.8 Å². The van der Waals surface area contributed by atoms with E-state index < -0.39 is 10.0 Å². The van der Waals surface area contributed by atoms with Gasteiger partial charge in [0.1, 0.15) is 5.52 Å². The number of sulfonamides is 1. The highest BCUT2D eigenvalue weighted by atomic mass is 32.2. The van der Waals surface area contributed by atoms with Crippen LogP contribution in [0.3, 0.4) is 0 Å². The Hall–Kier alpha value is -1.67. The lowest BCUT2D eigenvalue weighted by Gasteiger charge is -2.07.